The average molecular weight is 465 g/mol. The number of carbonyl (C=O) groups excluding carboxylic acids is 3. The molecule has 0 aromatic heterocycles. The molecule has 180 valence electrons. The smallest absolute Gasteiger partial charge is 0.407 e. The van der Waals surface area contributed by atoms with Gasteiger partial charge in [0.2, 0.25) is 5.91 Å². The van der Waals surface area contributed by atoms with Gasteiger partial charge in [-0.2, -0.15) is 0 Å². The summed E-state index contributed by atoms with van der Waals surface area (Å²) in [5, 5.41) is 5.51. The van der Waals surface area contributed by atoms with E-state index >= 15 is 0 Å². The van der Waals surface area contributed by atoms with Crippen molar-refractivity contribution in [3.8, 4) is 11.1 Å². The van der Waals surface area contributed by atoms with E-state index in [1.807, 2.05) is 24.3 Å². The number of ether oxygens (including phenoxy) is 2. The van der Waals surface area contributed by atoms with Crippen molar-refractivity contribution in [2.24, 2.45) is 0 Å². The van der Waals surface area contributed by atoms with E-state index in [2.05, 4.69) is 34.9 Å². The lowest BCUT2D eigenvalue weighted by atomic mass is 9.93. The quantitative estimate of drug-likeness (QED) is 0.568. The molecule has 0 atom stereocenters. The number of carbonyl (C=O) groups is 3. The molecule has 0 heterocycles. The highest BCUT2D eigenvalue weighted by Crippen LogP contribution is 2.44. The number of amides is 2. The van der Waals surface area contributed by atoms with E-state index < -0.39 is 6.09 Å². The van der Waals surface area contributed by atoms with Gasteiger partial charge in [-0.1, -0.05) is 48.5 Å². The first-order valence-electron chi connectivity index (χ1n) is 12.1. The standard InChI is InChI=1S/C27H32N2O5/c1-28-25(30)11-6-12-26(31)34-19-15-13-18(14-16-19)29-27(32)33-17-24-22-9-4-2-7-20(22)21-8-3-5-10-23(21)24/h2-5,7-10,18-19,24H,6,11-17H2,1H3,(H,28,30)(H,29,32). The largest absolute Gasteiger partial charge is 0.462 e. The third-order valence-corrected chi connectivity index (χ3v) is 6.70. The average Bonchev–Trinajstić information content (AvgIpc) is 3.17. The molecule has 0 radical (unpaired) electrons. The summed E-state index contributed by atoms with van der Waals surface area (Å²) in [6.45, 7) is 0.295. The normalized spacial score (nSPS) is 19.0. The lowest BCUT2D eigenvalue weighted by molar-refractivity contribution is -0.150. The molecule has 4 rings (SSSR count). The van der Waals surface area contributed by atoms with Crippen molar-refractivity contribution in [2.45, 2.75) is 63.0 Å². The van der Waals surface area contributed by atoms with E-state index in [0.717, 1.165) is 12.8 Å². The number of esters is 1. The molecule has 34 heavy (non-hydrogen) atoms. The fourth-order valence-electron chi connectivity index (χ4n) is 4.89. The van der Waals surface area contributed by atoms with E-state index in [1.165, 1.54) is 22.3 Å². The molecule has 2 N–H and O–H groups in total. The predicted molar refractivity (Wildman–Crippen MR) is 128 cm³/mol. The van der Waals surface area contributed by atoms with Crippen LogP contribution in [0.1, 0.15) is 62.0 Å². The van der Waals surface area contributed by atoms with Crippen molar-refractivity contribution in [3.05, 3.63) is 59.7 Å². The Morgan fingerprint density at radius 3 is 2.12 bits per heavy atom. The van der Waals surface area contributed by atoms with Crippen LogP contribution >= 0.6 is 0 Å². The van der Waals surface area contributed by atoms with Crippen LogP contribution in [-0.4, -0.2) is 43.8 Å². The van der Waals surface area contributed by atoms with Crippen molar-refractivity contribution in [1.82, 2.24) is 10.6 Å². The van der Waals surface area contributed by atoms with Gasteiger partial charge in [0.25, 0.3) is 0 Å². The molecule has 1 fully saturated rings. The monoisotopic (exact) mass is 464 g/mol. The molecule has 0 aliphatic heterocycles. The first kappa shape index (κ1) is 23.8. The summed E-state index contributed by atoms with van der Waals surface area (Å²) in [6.07, 6.45) is 3.39. The molecule has 0 saturated heterocycles. The minimum atomic E-state index is -0.406. The maximum atomic E-state index is 12.5. The number of nitrogens with one attached hydrogen (secondary N) is 2. The van der Waals surface area contributed by atoms with Crippen molar-refractivity contribution in [2.75, 3.05) is 13.7 Å². The fourth-order valence-corrected chi connectivity index (χ4v) is 4.89. The van der Waals surface area contributed by atoms with Gasteiger partial charge in [-0.25, -0.2) is 4.79 Å². The Balaban J connectivity index is 1.19. The second-order valence-corrected chi connectivity index (χ2v) is 8.96. The molecule has 2 aromatic carbocycles. The molecule has 1 saturated carbocycles. The fraction of sp³-hybridized carbons (Fsp3) is 0.444. The molecule has 2 aromatic rings. The highest BCUT2D eigenvalue weighted by atomic mass is 16.6. The summed E-state index contributed by atoms with van der Waals surface area (Å²) in [7, 11) is 1.58. The Morgan fingerprint density at radius 1 is 0.882 bits per heavy atom. The SMILES string of the molecule is CNC(=O)CCCC(=O)OC1CCC(NC(=O)OCC2c3ccccc3-c3ccccc32)CC1. The minimum absolute atomic E-state index is 0.0128. The van der Waals surface area contributed by atoms with Gasteiger partial charge < -0.3 is 20.1 Å². The maximum absolute atomic E-state index is 12.5. The van der Waals surface area contributed by atoms with Crippen LogP contribution in [0.3, 0.4) is 0 Å². The molecular formula is C27H32N2O5. The van der Waals surface area contributed by atoms with E-state index in [9.17, 15) is 14.4 Å². The summed E-state index contributed by atoms with van der Waals surface area (Å²) in [6, 6.07) is 16.5. The number of benzene rings is 2. The van der Waals surface area contributed by atoms with Crippen LogP contribution in [0.25, 0.3) is 11.1 Å². The number of hydrogen-bond acceptors (Lipinski definition) is 5. The molecule has 2 amide bonds. The summed E-state index contributed by atoms with van der Waals surface area (Å²) in [5.41, 5.74) is 4.78. The topological polar surface area (TPSA) is 93.7 Å². The first-order chi connectivity index (χ1) is 16.5. The number of hydrogen-bond donors (Lipinski definition) is 2. The van der Waals surface area contributed by atoms with Crippen molar-refractivity contribution in [3.63, 3.8) is 0 Å². The molecule has 7 nitrogen and oxygen atoms in total. The summed E-state index contributed by atoms with van der Waals surface area (Å²) >= 11 is 0. The van der Waals surface area contributed by atoms with Gasteiger partial charge in [-0.3, -0.25) is 9.59 Å². The van der Waals surface area contributed by atoms with E-state index in [1.54, 1.807) is 7.05 Å². The van der Waals surface area contributed by atoms with Crippen LogP contribution in [0.2, 0.25) is 0 Å². The van der Waals surface area contributed by atoms with Crippen LogP contribution < -0.4 is 10.6 Å². The Kier molecular flexibility index (Phi) is 7.83. The van der Waals surface area contributed by atoms with Crippen molar-refractivity contribution in [1.29, 1.82) is 0 Å². The van der Waals surface area contributed by atoms with Gasteiger partial charge in [0.15, 0.2) is 0 Å². The van der Waals surface area contributed by atoms with Gasteiger partial charge >= 0.3 is 12.1 Å². The van der Waals surface area contributed by atoms with E-state index in [0.29, 0.717) is 32.3 Å². The zero-order chi connectivity index (χ0) is 23.9. The van der Waals surface area contributed by atoms with E-state index in [4.69, 9.17) is 9.47 Å². The molecule has 0 bridgehead atoms. The summed E-state index contributed by atoms with van der Waals surface area (Å²) < 4.78 is 11.2. The zero-order valence-electron chi connectivity index (χ0n) is 19.5. The Morgan fingerprint density at radius 2 is 1.50 bits per heavy atom. The highest BCUT2D eigenvalue weighted by molar-refractivity contribution is 5.79. The molecule has 2 aliphatic carbocycles. The lowest BCUT2D eigenvalue weighted by Gasteiger charge is -2.28. The Hall–Kier alpha value is -3.35. The zero-order valence-corrected chi connectivity index (χ0v) is 19.5. The number of rotatable bonds is 8. The third kappa shape index (κ3) is 5.76. The Bertz CT molecular complexity index is 984. The first-order valence-corrected chi connectivity index (χ1v) is 12.1. The second kappa shape index (κ2) is 11.2. The van der Waals surface area contributed by atoms with Gasteiger partial charge in [-0.15, -0.1) is 0 Å². The molecule has 0 spiro atoms. The van der Waals surface area contributed by atoms with Gasteiger partial charge in [0, 0.05) is 31.8 Å². The van der Waals surface area contributed by atoms with Crippen molar-refractivity contribution >= 4 is 18.0 Å². The van der Waals surface area contributed by atoms with Gasteiger partial charge in [-0.05, 0) is 54.4 Å². The van der Waals surface area contributed by atoms with Gasteiger partial charge in [0.05, 0.1) is 0 Å². The predicted octanol–water partition coefficient (Wildman–Crippen LogP) is 4.30. The minimum Gasteiger partial charge on any atom is -0.462 e. The number of fused-ring (bicyclic) bond motifs is 3. The lowest BCUT2D eigenvalue weighted by Crippen LogP contribution is -2.40. The van der Waals surface area contributed by atoms with E-state index in [-0.39, 0.29) is 36.4 Å². The Labute approximate surface area is 200 Å². The van der Waals surface area contributed by atoms with Crippen LogP contribution in [0.5, 0.6) is 0 Å². The molecule has 2 aliphatic rings. The van der Waals surface area contributed by atoms with Crippen LogP contribution in [0, 0.1) is 0 Å². The van der Waals surface area contributed by atoms with Crippen LogP contribution in [-0.2, 0) is 19.1 Å². The maximum Gasteiger partial charge on any atom is 0.407 e. The van der Waals surface area contributed by atoms with Crippen LogP contribution in [0.15, 0.2) is 48.5 Å². The molecule has 0 unspecified atom stereocenters. The summed E-state index contributed by atoms with van der Waals surface area (Å²) in [4.78, 5) is 35.7. The molecule has 7 heteroatoms. The highest BCUT2D eigenvalue weighted by Gasteiger charge is 2.30. The van der Waals surface area contributed by atoms with Gasteiger partial charge in [0.1, 0.15) is 12.7 Å². The molecular weight excluding hydrogens is 432 g/mol. The van der Waals surface area contributed by atoms with Crippen molar-refractivity contribution < 1.29 is 23.9 Å². The van der Waals surface area contributed by atoms with Crippen LogP contribution in [0.4, 0.5) is 4.79 Å². The summed E-state index contributed by atoms with van der Waals surface area (Å²) in [5.74, 6) is -0.304. The number of alkyl carbamates (subject to hydrolysis) is 1. The second-order valence-electron chi connectivity index (χ2n) is 8.96. The third-order valence-electron chi connectivity index (χ3n) is 6.70.